The zero-order chi connectivity index (χ0) is 15.5. The van der Waals surface area contributed by atoms with Gasteiger partial charge in [-0.1, -0.05) is 0 Å². The molecule has 3 atom stereocenters. The van der Waals surface area contributed by atoms with Crippen molar-refractivity contribution in [3.63, 3.8) is 0 Å². The average Bonchev–Trinajstić information content (AvgIpc) is 3.08. The molecule has 0 radical (unpaired) electrons. The van der Waals surface area contributed by atoms with Crippen LogP contribution in [-0.4, -0.2) is 40.7 Å². The van der Waals surface area contributed by atoms with Gasteiger partial charge in [0.15, 0.2) is 0 Å². The summed E-state index contributed by atoms with van der Waals surface area (Å²) in [6, 6.07) is 5.35. The second-order valence-corrected chi connectivity index (χ2v) is 6.25. The molecule has 4 nitrogen and oxygen atoms in total. The summed E-state index contributed by atoms with van der Waals surface area (Å²) in [5, 5.41) is 5.10. The molecule has 1 aliphatic carbocycles. The molecule has 3 unspecified atom stereocenters. The number of ether oxygens (including phenoxy) is 1. The number of benzene rings is 1. The zero-order valence-electron chi connectivity index (χ0n) is 12.0. The summed E-state index contributed by atoms with van der Waals surface area (Å²) < 4.78 is 42.8. The molecular formula is C15H16F3N3O. The minimum Gasteiger partial charge on any atom is -0.406 e. The summed E-state index contributed by atoms with van der Waals surface area (Å²) in [5.41, 5.74) is 0.870. The normalized spacial score (nSPS) is 28.6. The van der Waals surface area contributed by atoms with Crippen LogP contribution in [-0.2, 0) is 0 Å². The number of hydrogen-bond donors (Lipinski definition) is 0. The van der Waals surface area contributed by atoms with Crippen LogP contribution in [0.2, 0.25) is 0 Å². The van der Waals surface area contributed by atoms with Gasteiger partial charge in [0.25, 0.3) is 0 Å². The number of rotatable bonds is 2. The van der Waals surface area contributed by atoms with Gasteiger partial charge in [-0.15, -0.1) is 13.2 Å². The Kier molecular flexibility index (Phi) is 2.91. The Morgan fingerprint density at radius 1 is 1.27 bits per heavy atom. The minimum absolute atomic E-state index is 0.202. The van der Waals surface area contributed by atoms with Crippen LogP contribution in [0.5, 0.6) is 5.75 Å². The van der Waals surface area contributed by atoms with E-state index >= 15 is 0 Å². The Hall–Kier alpha value is -1.76. The van der Waals surface area contributed by atoms with Crippen molar-refractivity contribution < 1.29 is 17.9 Å². The first kappa shape index (κ1) is 13.9. The Balaban J connectivity index is 1.64. The van der Waals surface area contributed by atoms with Gasteiger partial charge in [0, 0.05) is 18.0 Å². The first-order chi connectivity index (χ1) is 10.4. The third-order valence-corrected chi connectivity index (χ3v) is 4.89. The predicted molar refractivity (Wildman–Crippen MR) is 74.6 cm³/mol. The number of alkyl halides is 3. The predicted octanol–water partition coefficient (Wildman–Crippen LogP) is 3.20. The Bertz CT molecular complexity index is 710. The number of fused-ring (bicyclic) bond motifs is 3. The third-order valence-electron chi connectivity index (χ3n) is 4.89. The fourth-order valence-corrected chi connectivity index (χ4v) is 3.94. The number of hydrogen-bond acceptors (Lipinski definition) is 3. The van der Waals surface area contributed by atoms with Gasteiger partial charge in [-0.3, -0.25) is 4.68 Å². The molecule has 2 aromatic rings. The maximum absolute atomic E-state index is 12.3. The van der Waals surface area contributed by atoms with Gasteiger partial charge in [-0.05, 0) is 44.0 Å². The molecule has 1 aromatic carbocycles. The van der Waals surface area contributed by atoms with Crippen molar-refractivity contribution in [2.45, 2.75) is 31.3 Å². The molecule has 0 N–H and O–H groups in total. The van der Waals surface area contributed by atoms with Crippen LogP contribution in [0.4, 0.5) is 13.2 Å². The smallest absolute Gasteiger partial charge is 0.406 e. The highest BCUT2D eigenvalue weighted by Gasteiger charge is 2.44. The van der Waals surface area contributed by atoms with Gasteiger partial charge in [-0.2, -0.15) is 5.10 Å². The second-order valence-electron chi connectivity index (χ2n) is 6.25. The summed E-state index contributed by atoms with van der Waals surface area (Å²) in [4.78, 5) is 2.38. The topological polar surface area (TPSA) is 30.3 Å². The Morgan fingerprint density at radius 3 is 2.73 bits per heavy atom. The van der Waals surface area contributed by atoms with Crippen LogP contribution in [0.1, 0.15) is 18.9 Å². The first-order valence-corrected chi connectivity index (χ1v) is 7.34. The van der Waals surface area contributed by atoms with Gasteiger partial charge in [-0.25, -0.2) is 0 Å². The lowest BCUT2D eigenvalue weighted by Crippen LogP contribution is -2.33. The number of piperidine rings is 1. The largest absolute Gasteiger partial charge is 0.573 e. The fourth-order valence-electron chi connectivity index (χ4n) is 3.94. The van der Waals surface area contributed by atoms with E-state index in [2.05, 4.69) is 21.8 Å². The van der Waals surface area contributed by atoms with Crippen LogP contribution in [0.3, 0.4) is 0 Å². The summed E-state index contributed by atoms with van der Waals surface area (Å²) in [5.74, 6) is 0.372. The summed E-state index contributed by atoms with van der Waals surface area (Å²) in [6.45, 7) is 1.06. The molecule has 1 aromatic heterocycles. The third kappa shape index (κ3) is 2.24. The quantitative estimate of drug-likeness (QED) is 0.853. The molecule has 2 aliphatic rings. The van der Waals surface area contributed by atoms with Crippen molar-refractivity contribution in [1.82, 2.24) is 14.7 Å². The summed E-state index contributed by atoms with van der Waals surface area (Å²) in [7, 11) is 2.14. The highest BCUT2D eigenvalue weighted by molar-refractivity contribution is 5.80. The molecule has 0 amide bonds. The van der Waals surface area contributed by atoms with Crippen molar-refractivity contribution >= 4 is 10.9 Å². The van der Waals surface area contributed by atoms with Gasteiger partial charge in [0.2, 0.25) is 0 Å². The standard InChI is InChI=1S/C15H16F3N3O/c1-20-8-10-4-11(20)6-14(10)21-13-3-2-12(22-15(16,17)18)5-9(13)7-19-21/h2-3,5,7,10-11,14H,4,6,8H2,1H3. The first-order valence-electron chi connectivity index (χ1n) is 7.34. The van der Waals surface area contributed by atoms with E-state index in [9.17, 15) is 13.2 Å². The van der Waals surface area contributed by atoms with Crippen molar-refractivity contribution in [2.75, 3.05) is 13.6 Å². The highest BCUT2D eigenvalue weighted by Crippen LogP contribution is 2.44. The van der Waals surface area contributed by atoms with E-state index in [0.29, 0.717) is 23.4 Å². The maximum Gasteiger partial charge on any atom is 0.573 e. The molecule has 1 saturated heterocycles. The summed E-state index contributed by atoms with van der Waals surface area (Å²) in [6.07, 6.45) is -0.816. The van der Waals surface area contributed by atoms with E-state index in [1.54, 1.807) is 12.3 Å². The zero-order valence-corrected chi connectivity index (χ0v) is 12.0. The van der Waals surface area contributed by atoms with E-state index in [0.717, 1.165) is 18.5 Å². The van der Waals surface area contributed by atoms with Crippen molar-refractivity contribution in [3.05, 3.63) is 24.4 Å². The molecule has 2 fully saturated rings. The number of halogens is 3. The van der Waals surface area contributed by atoms with Crippen molar-refractivity contribution in [2.24, 2.45) is 5.92 Å². The van der Waals surface area contributed by atoms with Crippen LogP contribution in [0.15, 0.2) is 24.4 Å². The SMILES string of the molecule is CN1CC2CC1CC2n1ncc2cc(OC(F)(F)F)ccc21. The lowest BCUT2D eigenvalue weighted by atomic mass is 10.0. The number of aromatic nitrogens is 2. The lowest BCUT2D eigenvalue weighted by Gasteiger charge is -2.29. The van der Waals surface area contributed by atoms with E-state index in [1.807, 2.05) is 4.68 Å². The molecule has 1 aliphatic heterocycles. The molecule has 0 spiro atoms. The van der Waals surface area contributed by atoms with E-state index < -0.39 is 6.36 Å². The van der Waals surface area contributed by atoms with E-state index in [1.165, 1.54) is 18.6 Å². The van der Waals surface area contributed by atoms with Gasteiger partial charge >= 0.3 is 6.36 Å². The van der Waals surface area contributed by atoms with E-state index in [-0.39, 0.29) is 5.75 Å². The number of likely N-dealkylation sites (tertiary alicyclic amines) is 1. The molecule has 22 heavy (non-hydrogen) atoms. The monoisotopic (exact) mass is 311 g/mol. The molecule has 2 heterocycles. The molecule has 4 rings (SSSR count). The highest BCUT2D eigenvalue weighted by atomic mass is 19.4. The summed E-state index contributed by atoms with van der Waals surface area (Å²) >= 11 is 0. The second kappa shape index (κ2) is 4.62. The lowest BCUT2D eigenvalue weighted by molar-refractivity contribution is -0.274. The van der Waals surface area contributed by atoms with Crippen molar-refractivity contribution in [1.29, 1.82) is 0 Å². The molecule has 1 saturated carbocycles. The van der Waals surface area contributed by atoms with Crippen molar-refractivity contribution in [3.8, 4) is 5.75 Å². The maximum atomic E-state index is 12.3. The average molecular weight is 311 g/mol. The molecule has 7 heteroatoms. The Labute approximate surface area is 125 Å². The van der Waals surface area contributed by atoms with Crippen LogP contribution < -0.4 is 4.74 Å². The minimum atomic E-state index is -4.67. The van der Waals surface area contributed by atoms with Crippen LogP contribution >= 0.6 is 0 Å². The van der Waals surface area contributed by atoms with Crippen LogP contribution in [0, 0.1) is 5.92 Å². The molecule has 118 valence electrons. The number of nitrogens with zero attached hydrogens (tertiary/aromatic N) is 3. The molecule has 2 bridgehead atoms. The van der Waals surface area contributed by atoms with Crippen LogP contribution in [0.25, 0.3) is 10.9 Å². The van der Waals surface area contributed by atoms with Gasteiger partial charge < -0.3 is 9.64 Å². The van der Waals surface area contributed by atoms with E-state index in [4.69, 9.17) is 0 Å². The van der Waals surface area contributed by atoms with Gasteiger partial charge in [0.05, 0.1) is 17.8 Å². The molecular weight excluding hydrogens is 295 g/mol. The van der Waals surface area contributed by atoms with Gasteiger partial charge in [0.1, 0.15) is 5.75 Å². The Morgan fingerprint density at radius 2 is 2.09 bits per heavy atom. The fraction of sp³-hybridized carbons (Fsp3) is 0.533.